The van der Waals surface area contributed by atoms with Gasteiger partial charge in [-0.1, -0.05) is 72.9 Å². The zero-order valence-electron chi connectivity index (χ0n) is 22.1. The molecule has 5 nitrogen and oxygen atoms in total. The lowest BCUT2D eigenvalue weighted by Gasteiger charge is -2.36. The predicted molar refractivity (Wildman–Crippen MR) is 140 cm³/mol. The molecule has 0 N–H and O–H groups in total. The van der Waals surface area contributed by atoms with Crippen LogP contribution in [0, 0.1) is 0 Å². The van der Waals surface area contributed by atoms with Crippen LogP contribution in [0.3, 0.4) is 0 Å². The van der Waals surface area contributed by atoms with Crippen LogP contribution in [-0.4, -0.2) is 53.5 Å². The number of Topliss-reactive ketones (excluding diaryl/α,β-unsaturated/α-hetero) is 1. The minimum Gasteiger partial charge on any atom is -0.352 e. The second-order valence-corrected chi connectivity index (χ2v) is 6.33. The first kappa shape index (κ1) is 34.0. The zero-order chi connectivity index (χ0) is 27.6. The molecule has 1 aromatic rings. The summed E-state index contributed by atoms with van der Waals surface area (Å²) in [5, 5.41) is 0. The fraction of sp³-hybridized carbons (Fsp3) is 0.444. The van der Waals surface area contributed by atoms with Crippen LogP contribution in [0.15, 0.2) is 66.3 Å². The van der Waals surface area contributed by atoms with Crippen LogP contribution in [-0.2, 0) is 11.0 Å². The van der Waals surface area contributed by atoms with Crippen LogP contribution in [0.4, 0.5) is 13.2 Å². The Bertz CT molecular complexity index is 849. The number of rotatable bonds is 5. The number of amidine groups is 1. The fourth-order valence-corrected chi connectivity index (χ4v) is 2.85. The Labute approximate surface area is 208 Å². The number of hydrogen-bond acceptors (Lipinski definition) is 3. The van der Waals surface area contributed by atoms with Gasteiger partial charge in [0.25, 0.3) is 0 Å². The summed E-state index contributed by atoms with van der Waals surface area (Å²) in [6.45, 7) is 22.8. The monoisotopic (exact) mass is 495 g/mol. The molecule has 0 radical (unpaired) electrons. The standard InChI is InChI=1S/C21H22F3N3O2.3C2H6/c1-4-10-25-20(27-13-11-26(12-14-27)18(28)5-2)15(3)19(29)16-6-8-17(9-7-16)21(22,23)24;3*1-2/h4-10H,2-3,11-14H2,1H3;3*1-2H3/b10-4-,25-20?;;;. The molecule has 8 heteroatoms. The molecule has 1 amide bonds. The van der Waals surface area contributed by atoms with Crippen LogP contribution in [0.2, 0.25) is 0 Å². The van der Waals surface area contributed by atoms with E-state index in [1.165, 1.54) is 12.3 Å². The first-order chi connectivity index (χ1) is 16.7. The maximum atomic E-state index is 12.8. The second-order valence-electron chi connectivity index (χ2n) is 6.33. The van der Waals surface area contributed by atoms with E-state index in [0.717, 1.165) is 24.3 Å². The molecule has 0 unspecified atom stereocenters. The van der Waals surface area contributed by atoms with Gasteiger partial charge in [0.05, 0.1) is 11.1 Å². The van der Waals surface area contributed by atoms with E-state index in [0.29, 0.717) is 32.0 Å². The van der Waals surface area contributed by atoms with Gasteiger partial charge in [-0.2, -0.15) is 13.2 Å². The number of hydrogen-bond donors (Lipinski definition) is 0. The third kappa shape index (κ3) is 10.8. The molecule has 0 bridgehead atoms. The lowest BCUT2D eigenvalue weighted by Crippen LogP contribution is -2.51. The molecule has 1 aliphatic heterocycles. The highest BCUT2D eigenvalue weighted by molar-refractivity contribution is 6.26. The van der Waals surface area contributed by atoms with Crippen LogP contribution in [0.5, 0.6) is 0 Å². The highest BCUT2D eigenvalue weighted by Gasteiger charge is 2.31. The van der Waals surface area contributed by atoms with Crippen molar-refractivity contribution in [1.29, 1.82) is 0 Å². The Morgan fingerprint density at radius 2 is 1.37 bits per heavy atom. The topological polar surface area (TPSA) is 53.0 Å². The summed E-state index contributed by atoms with van der Waals surface area (Å²) in [4.78, 5) is 32.3. The summed E-state index contributed by atoms with van der Waals surface area (Å²) in [6, 6.07) is 3.99. The molecule has 0 aromatic heterocycles. The van der Waals surface area contributed by atoms with Crippen molar-refractivity contribution in [3.05, 3.63) is 72.5 Å². The van der Waals surface area contributed by atoms with Crippen molar-refractivity contribution in [3.63, 3.8) is 0 Å². The lowest BCUT2D eigenvalue weighted by atomic mass is 10.0. The number of ketones is 1. The number of amides is 1. The Morgan fingerprint density at radius 3 is 1.77 bits per heavy atom. The third-order valence-corrected chi connectivity index (χ3v) is 4.43. The van der Waals surface area contributed by atoms with Crippen LogP contribution in [0.25, 0.3) is 0 Å². The molecular formula is C27H40F3N3O2. The first-order valence-corrected chi connectivity index (χ1v) is 12.0. The second kappa shape index (κ2) is 18.2. The number of carbonyl (C=O) groups is 2. The Hall–Kier alpha value is -3.16. The van der Waals surface area contributed by atoms with Crippen molar-refractivity contribution < 1.29 is 22.8 Å². The molecule has 1 aromatic carbocycles. The van der Waals surface area contributed by atoms with Gasteiger partial charge in [0.2, 0.25) is 5.91 Å². The largest absolute Gasteiger partial charge is 0.416 e. The number of aliphatic imine (C=N–C) groups is 1. The van der Waals surface area contributed by atoms with Gasteiger partial charge in [-0.05, 0) is 25.1 Å². The quantitative estimate of drug-likeness (QED) is 0.196. The van der Waals surface area contributed by atoms with Crippen molar-refractivity contribution in [2.45, 2.75) is 54.6 Å². The average Bonchev–Trinajstić information content (AvgIpc) is 2.91. The molecule has 2 rings (SSSR count). The molecule has 196 valence electrons. The summed E-state index contributed by atoms with van der Waals surface area (Å²) in [6.07, 6.45) is -0.0214. The molecule has 1 aliphatic rings. The van der Waals surface area contributed by atoms with E-state index in [1.54, 1.807) is 17.9 Å². The molecule has 0 saturated carbocycles. The van der Waals surface area contributed by atoms with Crippen LogP contribution >= 0.6 is 0 Å². The SMILES string of the molecule is C=CC(=O)N1CCN(C(=N/C=C\C)C(=C)C(=O)c2ccc(C(F)(F)F)cc2)CC1.CC.CC.CC. The fourth-order valence-electron chi connectivity index (χ4n) is 2.85. The van der Waals surface area contributed by atoms with Gasteiger partial charge >= 0.3 is 6.18 Å². The summed E-state index contributed by atoms with van der Waals surface area (Å²) in [7, 11) is 0. The highest BCUT2D eigenvalue weighted by Crippen LogP contribution is 2.29. The van der Waals surface area contributed by atoms with E-state index in [2.05, 4.69) is 18.2 Å². The van der Waals surface area contributed by atoms with Gasteiger partial charge in [0, 0.05) is 37.9 Å². The Morgan fingerprint density at radius 1 is 0.914 bits per heavy atom. The van der Waals surface area contributed by atoms with Crippen molar-refractivity contribution in [3.8, 4) is 0 Å². The summed E-state index contributed by atoms with van der Waals surface area (Å²) >= 11 is 0. The first-order valence-electron chi connectivity index (χ1n) is 12.0. The Balaban J connectivity index is 0. The minimum absolute atomic E-state index is 0.0753. The predicted octanol–water partition coefficient (Wildman–Crippen LogP) is 6.79. The van der Waals surface area contributed by atoms with Gasteiger partial charge in [-0.25, -0.2) is 4.99 Å². The van der Waals surface area contributed by atoms with E-state index < -0.39 is 17.5 Å². The van der Waals surface area contributed by atoms with Crippen molar-refractivity contribution in [2.24, 2.45) is 4.99 Å². The van der Waals surface area contributed by atoms with Gasteiger partial charge in [-0.3, -0.25) is 9.59 Å². The third-order valence-electron chi connectivity index (χ3n) is 4.43. The van der Waals surface area contributed by atoms with E-state index >= 15 is 0 Å². The molecule has 1 heterocycles. The van der Waals surface area contributed by atoms with Crippen molar-refractivity contribution in [2.75, 3.05) is 26.2 Å². The van der Waals surface area contributed by atoms with Gasteiger partial charge in [0.15, 0.2) is 5.78 Å². The maximum absolute atomic E-state index is 12.8. The van der Waals surface area contributed by atoms with Gasteiger partial charge in [-0.15, -0.1) is 0 Å². The molecule has 0 atom stereocenters. The number of piperazine rings is 1. The molecular weight excluding hydrogens is 455 g/mol. The summed E-state index contributed by atoms with van der Waals surface area (Å²) < 4.78 is 38.2. The lowest BCUT2D eigenvalue weighted by molar-refractivity contribution is -0.137. The van der Waals surface area contributed by atoms with Crippen LogP contribution in [0.1, 0.15) is 64.4 Å². The molecule has 0 aliphatic carbocycles. The molecule has 1 saturated heterocycles. The smallest absolute Gasteiger partial charge is 0.352 e. The highest BCUT2D eigenvalue weighted by atomic mass is 19.4. The molecule has 1 fully saturated rings. The van der Waals surface area contributed by atoms with E-state index in [-0.39, 0.29) is 17.0 Å². The minimum atomic E-state index is -4.47. The van der Waals surface area contributed by atoms with Gasteiger partial charge in [0.1, 0.15) is 5.84 Å². The maximum Gasteiger partial charge on any atom is 0.416 e. The summed E-state index contributed by atoms with van der Waals surface area (Å²) in [5.74, 6) is -0.346. The number of nitrogens with zero attached hydrogens (tertiary/aromatic N) is 3. The number of halogens is 3. The molecule has 0 spiro atoms. The molecule has 35 heavy (non-hydrogen) atoms. The van der Waals surface area contributed by atoms with Crippen molar-refractivity contribution >= 4 is 17.5 Å². The summed E-state index contributed by atoms with van der Waals surface area (Å²) in [5.41, 5.74) is -0.659. The number of carbonyl (C=O) groups excluding carboxylic acids is 2. The van der Waals surface area contributed by atoms with Gasteiger partial charge < -0.3 is 9.80 Å². The van der Waals surface area contributed by atoms with Crippen molar-refractivity contribution in [1.82, 2.24) is 9.80 Å². The number of benzene rings is 1. The number of alkyl halides is 3. The number of allylic oxidation sites excluding steroid dienone is 1. The average molecular weight is 496 g/mol. The van der Waals surface area contributed by atoms with E-state index in [9.17, 15) is 22.8 Å². The van der Waals surface area contributed by atoms with E-state index in [1.807, 2.05) is 46.4 Å². The zero-order valence-corrected chi connectivity index (χ0v) is 22.1. The van der Waals surface area contributed by atoms with E-state index in [4.69, 9.17) is 0 Å². The Kier molecular flexibility index (Phi) is 17.7. The van der Waals surface area contributed by atoms with Crippen LogP contribution < -0.4 is 0 Å². The normalized spacial score (nSPS) is 13.4.